The second kappa shape index (κ2) is 10.4. The summed E-state index contributed by atoms with van der Waals surface area (Å²) in [4.78, 5) is 15.5. The average Bonchev–Trinajstić information content (AvgIpc) is 3.52. The van der Waals surface area contributed by atoms with E-state index in [9.17, 15) is 32.6 Å². The van der Waals surface area contributed by atoms with Crippen molar-refractivity contribution in [3.63, 3.8) is 0 Å². The van der Waals surface area contributed by atoms with Crippen molar-refractivity contribution >= 4 is 5.97 Å². The summed E-state index contributed by atoms with van der Waals surface area (Å²) in [5, 5.41) is 19.4. The number of hydrogen-bond acceptors (Lipinski definition) is 5. The fraction of sp³-hybridized carbons (Fsp3) is 0.419. The van der Waals surface area contributed by atoms with E-state index in [0.717, 1.165) is 17.2 Å². The number of hydrogen-bond donors (Lipinski definition) is 2. The minimum absolute atomic E-state index is 0.0175. The van der Waals surface area contributed by atoms with Crippen LogP contribution in [-0.4, -0.2) is 32.9 Å². The number of nitrogens with zero attached hydrogens (tertiary/aromatic N) is 1. The number of aliphatic hydroxyl groups is 1. The molecule has 0 unspecified atom stereocenters. The number of fused-ring (bicyclic) bond motifs is 3. The molecule has 0 aliphatic heterocycles. The van der Waals surface area contributed by atoms with Gasteiger partial charge in [0.2, 0.25) is 5.88 Å². The third kappa shape index (κ3) is 5.64. The van der Waals surface area contributed by atoms with E-state index in [4.69, 9.17) is 9.47 Å². The van der Waals surface area contributed by atoms with Crippen molar-refractivity contribution in [2.24, 2.45) is 11.8 Å². The zero-order chi connectivity index (χ0) is 30.8. The third-order valence-corrected chi connectivity index (χ3v) is 8.74. The maximum absolute atomic E-state index is 15.1. The van der Waals surface area contributed by atoms with E-state index < -0.39 is 76.3 Å². The lowest BCUT2D eigenvalue weighted by Gasteiger charge is -2.33. The fourth-order valence-electron chi connectivity index (χ4n) is 6.36. The van der Waals surface area contributed by atoms with Crippen LogP contribution in [0, 0.1) is 29.3 Å². The van der Waals surface area contributed by atoms with Gasteiger partial charge in [-0.15, -0.1) is 0 Å². The minimum atomic E-state index is -5.03. The molecule has 0 spiro atoms. The predicted octanol–water partition coefficient (Wildman–Crippen LogP) is 6.81. The van der Waals surface area contributed by atoms with Crippen LogP contribution in [0.25, 0.3) is 11.1 Å². The van der Waals surface area contributed by atoms with Crippen molar-refractivity contribution in [3.8, 4) is 22.8 Å². The number of ether oxygens (including phenoxy) is 2. The normalized spacial score (nSPS) is 26.0. The minimum Gasteiger partial charge on any atom is -0.484 e. The molecule has 0 saturated heterocycles. The van der Waals surface area contributed by atoms with Gasteiger partial charge in [0.1, 0.15) is 12.4 Å². The van der Waals surface area contributed by atoms with E-state index in [2.05, 4.69) is 4.98 Å². The van der Waals surface area contributed by atoms with Gasteiger partial charge in [0.25, 0.3) is 0 Å². The Morgan fingerprint density at radius 2 is 1.72 bits per heavy atom. The van der Waals surface area contributed by atoms with Crippen molar-refractivity contribution in [1.29, 1.82) is 0 Å². The van der Waals surface area contributed by atoms with Gasteiger partial charge in [0, 0.05) is 23.7 Å². The highest BCUT2D eigenvalue weighted by atomic mass is 19.4. The zero-order valence-electron chi connectivity index (χ0n) is 22.9. The van der Waals surface area contributed by atoms with E-state index in [1.165, 1.54) is 6.20 Å². The van der Waals surface area contributed by atoms with Gasteiger partial charge in [-0.3, -0.25) is 4.79 Å². The molecule has 12 heteroatoms. The molecule has 3 aromatic rings. The molecule has 1 aromatic heterocycles. The summed E-state index contributed by atoms with van der Waals surface area (Å²) in [6.45, 7) is 1.13. The molecule has 0 amide bonds. The molecular formula is C31H27F6NO5. The van der Waals surface area contributed by atoms with Gasteiger partial charge in [-0.25, -0.2) is 18.2 Å². The molecule has 2 N–H and O–H groups in total. The van der Waals surface area contributed by atoms with E-state index in [0.29, 0.717) is 44.2 Å². The summed E-state index contributed by atoms with van der Waals surface area (Å²) >= 11 is 0. The summed E-state index contributed by atoms with van der Waals surface area (Å²) < 4.78 is 97.8. The number of carboxylic acids is 1. The van der Waals surface area contributed by atoms with E-state index in [1.54, 1.807) is 13.0 Å². The molecule has 228 valence electrons. The smallest absolute Gasteiger partial charge is 0.417 e. The first-order valence-electron chi connectivity index (χ1n) is 13.8. The quantitative estimate of drug-likeness (QED) is 0.287. The Hall–Kier alpha value is -3.80. The van der Waals surface area contributed by atoms with Crippen molar-refractivity contribution < 1.29 is 50.8 Å². The van der Waals surface area contributed by atoms with Crippen LogP contribution in [0.4, 0.5) is 26.3 Å². The molecule has 3 atom stereocenters. The van der Waals surface area contributed by atoms with Gasteiger partial charge < -0.3 is 19.7 Å². The van der Waals surface area contributed by atoms with Crippen LogP contribution in [0.1, 0.15) is 60.8 Å². The highest BCUT2D eigenvalue weighted by molar-refractivity contribution is 5.77. The summed E-state index contributed by atoms with van der Waals surface area (Å²) in [5.41, 5.74) is -2.08. The Kier molecular flexibility index (Phi) is 7.10. The third-order valence-electron chi connectivity index (χ3n) is 8.74. The summed E-state index contributed by atoms with van der Waals surface area (Å²) in [6, 6.07) is 4.12. The van der Waals surface area contributed by atoms with Crippen LogP contribution in [0.15, 0.2) is 36.5 Å². The lowest BCUT2D eigenvalue weighted by atomic mass is 9.85. The molecule has 1 heterocycles. The summed E-state index contributed by atoms with van der Waals surface area (Å²) in [5.74, 6) is -5.74. The Balaban J connectivity index is 1.24. The number of aliphatic carboxylic acids is 1. The van der Waals surface area contributed by atoms with Crippen LogP contribution in [0.3, 0.4) is 0 Å². The molecule has 0 bridgehead atoms. The SMILES string of the molecule is CC1(O)CCC(Oc2c(F)cc(-c3cc(COc4cc5c(cn4)[C@H]4[C@@H](C5)[C@@H]4C(=O)O)c(F)cc3C(F)(F)F)cc2F)CC1. The molecule has 6 rings (SSSR count). The van der Waals surface area contributed by atoms with Gasteiger partial charge >= 0.3 is 12.1 Å². The van der Waals surface area contributed by atoms with Gasteiger partial charge in [0.05, 0.1) is 23.2 Å². The standard InChI is InChI=1S/C31H27F6NO5/c1-30(41)4-2-17(3-5-30)43-28-23(33)8-15(9-24(28)34)18-7-16(22(32)11-21(18)31(35,36)37)13-42-25-10-14-6-19-26(20(14)12-38-25)27(19)29(39)40/h7-12,17,19,26-27,41H,2-6,13H2,1H3,(H,39,40)/t17?,19-,26-,27+,30?/m1/s1. The molecule has 43 heavy (non-hydrogen) atoms. The predicted molar refractivity (Wildman–Crippen MR) is 140 cm³/mol. The topological polar surface area (TPSA) is 88.9 Å². The van der Waals surface area contributed by atoms with Crippen LogP contribution in [0.2, 0.25) is 0 Å². The number of carboxylic acid groups (broad SMARTS) is 1. The van der Waals surface area contributed by atoms with E-state index in [1.807, 2.05) is 0 Å². The van der Waals surface area contributed by atoms with Crippen LogP contribution >= 0.6 is 0 Å². The number of rotatable bonds is 7. The number of pyridine rings is 1. The Labute approximate surface area is 242 Å². The Morgan fingerprint density at radius 3 is 2.35 bits per heavy atom. The number of benzene rings is 2. The van der Waals surface area contributed by atoms with Gasteiger partial charge in [0.15, 0.2) is 17.4 Å². The maximum atomic E-state index is 15.1. The monoisotopic (exact) mass is 607 g/mol. The molecular weight excluding hydrogens is 580 g/mol. The second-order valence-corrected chi connectivity index (χ2v) is 11.8. The number of carbonyl (C=O) groups is 1. The zero-order valence-corrected chi connectivity index (χ0v) is 22.9. The Morgan fingerprint density at radius 1 is 1.05 bits per heavy atom. The maximum Gasteiger partial charge on any atom is 0.417 e. The highest BCUT2D eigenvalue weighted by Gasteiger charge is 2.60. The molecule has 3 aliphatic carbocycles. The summed E-state index contributed by atoms with van der Waals surface area (Å²) in [7, 11) is 0. The van der Waals surface area contributed by atoms with Gasteiger partial charge in [-0.05, 0) is 91.5 Å². The van der Waals surface area contributed by atoms with Gasteiger partial charge in [-0.2, -0.15) is 13.2 Å². The average molecular weight is 608 g/mol. The van der Waals surface area contributed by atoms with E-state index >= 15 is 8.78 Å². The summed E-state index contributed by atoms with van der Waals surface area (Å²) in [6.07, 6.45) is -2.18. The van der Waals surface area contributed by atoms with Gasteiger partial charge in [-0.1, -0.05) is 0 Å². The lowest BCUT2D eigenvalue weighted by molar-refractivity contribution is -0.139. The molecule has 2 saturated carbocycles. The largest absolute Gasteiger partial charge is 0.484 e. The van der Waals surface area contributed by atoms with Crippen LogP contribution in [0.5, 0.6) is 11.6 Å². The first-order chi connectivity index (χ1) is 20.2. The number of halogens is 6. The molecule has 2 fully saturated rings. The molecule has 6 nitrogen and oxygen atoms in total. The van der Waals surface area contributed by atoms with Crippen molar-refractivity contribution in [2.75, 3.05) is 0 Å². The van der Waals surface area contributed by atoms with Crippen LogP contribution < -0.4 is 9.47 Å². The first kappa shape index (κ1) is 29.3. The molecule has 2 aromatic carbocycles. The Bertz CT molecular complexity index is 1570. The number of aromatic nitrogens is 1. The lowest BCUT2D eigenvalue weighted by Crippen LogP contribution is -2.35. The highest BCUT2D eigenvalue weighted by Crippen LogP contribution is 2.61. The first-order valence-corrected chi connectivity index (χ1v) is 13.8. The molecule has 0 radical (unpaired) electrons. The second-order valence-electron chi connectivity index (χ2n) is 11.8. The molecule has 3 aliphatic rings. The number of alkyl halides is 3. The van der Waals surface area contributed by atoms with E-state index in [-0.39, 0.29) is 29.3 Å². The van der Waals surface area contributed by atoms with Crippen molar-refractivity contribution in [2.45, 2.75) is 69.4 Å². The fourth-order valence-corrected chi connectivity index (χ4v) is 6.36. The van der Waals surface area contributed by atoms with Crippen molar-refractivity contribution in [3.05, 3.63) is 76.2 Å². The van der Waals surface area contributed by atoms with Crippen molar-refractivity contribution in [1.82, 2.24) is 4.98 Å². The van der Waals surface area contributed by atoms with Crippen LogP contribution in [-0.2, 0) is 24.0 Å².